The molecule has 0 spiro atoms. The molecule has 1 unspecified atom stereocenters. The van der Waals surface area contributed by atoms with E-state index in [1.165, 1.54) is 0 Å². The lowest BCUT2D eigenvalue weighted by molar-refractivity contribution is 0.359. The van der Waals surface area contributed by atoms with Gasteiger partial charge in [-0.15, -0.1) is 0 Å². The molecule has 0 aromatic heterocycles. The molecule has 0 aliphatic rings. The van der Waals surface area contributed by atoms with E-state index in [1.807, 2.05) is 12.1 Å². The number of halogens is 1. The number of nitrogens with one attached hydrogen (secondary N) is 1. The fourth-order valence-corrected chi connectivity index (χ4v) is 1.46. The first-order chi connectivity index (χ1) is 7.29. The SMILES string of the molecule is Cc1ccc(C(C)NCC(C)(C)C)cc1F. The Morgan fingerprint density at radius 2 is 1.94 bits per heavy atom. The molecule has 16 heavy (non-hydrogen) atoms. The fourth-order valence-electron chi connectivity index (χ4n) is 1.46. The molecule has 0 aliphatic heterocycles. The van der Waals surface area contributed by atoms with Crippen LogP contribution in [0.15, 0.2) is 18.2 Å². The number of aryl methyl sites for hydroxylation is 1. The van der Waals surface area contributed by atoms with E-state index in [4.69, 9.17) is 0 Å². The van der Waals surface area contributed by atoms with E-state index >= 15 is 0 Å². The van der Waals surface area contributed by atoms with Crippen LogP contribution in [0.25, 0.3) is 0 Å². The summed E-state index contributed by atoms with van der Waals surface area (Å²) in [7, 11) is 0. The number of hydrogen-bond donors (Lipinski definition) is 1. The molecule has 0 heterocycles. The fraction of sp³-hybridized carbons (Fsp3) is 0.571. The van der Waals surface area contributed by atoms with E-state index in [-0.39, 0.29) is 17.3 Å². The van der Waals surface area contributed by atoms with E-state index in [0.29, 0.717) is 5.56 Å². The summed E-state index contributed by atoms with van der Waals surface area (Å²) in [6, 6.07) is 5.63. The van der Waals surface area contributed by atoms with Crippen molar-refractivity contribution in [3.63, 3.8) is 0 Å². The Bertz CT molecular complexity index is 352. The van der Waals surface area contributed by atoms with Gasteiger partial charge in [0, 0.05) is 12.6 Å². The zero-order chi connectivity index (χ0) is 12.3. The van der Waals surface area contributed by atoms with Gasteiger partial charge in [-0.2, -0.15) is 0 Å². The van der Waals surface area contributed by atoms with Crippen LogP contribution in [0, 0.1) is 18.2 Å². The van der Waals surface area contributed by atoms with Gasteiger partial charge in [0.25, 0.3) is 0 Å². The summed E-state index contributed by atoms with van der Waals surface area (Å²) in [4.78, 5) is 0. The van der Waals surface area contributed by atoms with Crippen LogP contribution in [0.3, 0.4) is 0 Å². The van der Waals surface area contributed by atoms with Crippen molar-refractivity contribution in [1.29, 1.82) is 0 Å². The largest absolute Gasteiger partial charge is 0.310 e. The molecule has 1 aromatic carbocycles. The van der Waals surface area contributed by atoms with Gasteiger partial charge in [-0.3, -0.25) is 0 Å². The van der Waals surface area contributed by atoms with E-state index in [9.17, 15) is 4.39 Å². The summed E-state index contributed by atoms with van der Waals surface area (Å²) in [5.41, 5.74) is 1.96. The second kappa shape index (κ2) is 4.96. The monoisotopic (exact) mass is 223 g/mol. The quantitative estimate of drug-likeness (QED) is 0.821. The minimum Gasteiger partial charge on any atom is -0.310 e. The Morgan fingerprint density at radius 1 is 1.31 bits per heavy atom. The van der Waals surface area contributed by atoms with E-state index in [2.05, 4.69) is 33.0 Å². The second-order valence-corrected chi connectivity index (χ2v) is 5.67. The summed E-state index contributed by atoms with van der Waals surface area (Å²) in [5, 5.41) is 3.42. The van der Waals surface area contributed by atoms with Crippen LogP contribution in [0.5, 0.6) is 0 Å². The summed E-state index contributed by atoms with van der Waals surface area (Å²) < 4.78 is 13.4. The molecule has 0 amide bonds. The standard InChI is InChI=1S/C14H22FN/c1-10-6-7-12(8-13(10)15)11(2)16-9-14(3,4)5/h6-8,11,16H,9H2,1-5H3. The van der Waals surface area contributed by atoms with Gasteiger partial charge in [0.05, 0.1) is 0 Å². The molecule has 1 aromatic rings. The maximum atomic E-state index is 13.4. The molecule has 0 saturated heterocycles. The predicted molar refractivity (Wildman–Crippen MR) is 67.0 cm³/mol. The van der Waals surface area contributed by atoms with Gasteiger partial charge in [0.2, 0.25) is 0 Å². The van der Waals surface area contributed by atoms with Crippen molar-refractivity contribution in [2.24, 2.45) is 5.41 Å². The molecule has 0 aliphatic carbocycles. The highest BCUT2D eigenvalue weighted by Gasteiger charge is 2.13. The molecule has 2 heteroatoms. The Hall–Kier alpha value is -0.890. The normalized spacial score (nSPS) is 13.9. The number of hydrogen-bond acceptors (Lipinski definition) is 1. The number of benzene rings is 1. The maximum Gasteiger partial charge on any atom is 0.126 e. The van der Waals surface area contributed by atoms with Crippen molar-refractivity contribution in [2.75, 3.05) is 6.54 Å². The molecule has 1 atom stereocenters. The molecule has 0 radical (unpaired) electrons. The van der Waals surface area contributed by atoms with Gasteiger partial charge in [0.1, 0.15) is 5.82 Å². The zero-order valence-electron chi connectivity index (χ0n) is 10.9. The van der Waals surface area contributed by atoms with E-state index in [0.717, 1.165) is 12.1 Å². The Morgan fingerprint density at radius 3 is 2.44 bits per heavy atom. The van der Waals surface area contributed by atoms with Crippen LogP contribution in [0.2, 0.25) is 0 Å². The summed E-state index contributed by atoms with van der Waals surface area (Å²) in [6.07, 6.45) is 0. The average Bonchev–Trinajstić information content (AvgIpc) is 2.17. The molecular formula is C14H22FN. The lowest BCUT2D eigenvalue weighted by Crippen LogP contribution is -2.29. The van der Waals surface area contributed by atoms with Crippen LogP contribution >= 0.6 is 0 Å². The maximum absolute atomic E-state index is 13.4. The van der Waals surface area contributed by atoms with Gasteiger partial charge in [-0.25, -0.2) is 4.39 Å². The van der Waals surface area contributed by atoms with Crippen molar-refractivity contribution in [1.82, 2.24) is 5.32 Å². The van der Waals surface area contributed by atoms with Gasteiger partial charge in [-0.1, -0.05) is 32.9 Å². The highest BCUT2D eigenvalue weighted by molar-refractivity contribution is 5.25. The lowest BCUT2D eigenvalue weighted by Gasteiger charge is -2.23. The van der Waals surface area contributed by atoms with Gasteiger partial charge >= 0.3 is 0 Å². The third-order valence-electron chi connectivity index (χ3n) is 2.63. The minimum atomic E-state index is -0.123. The smallest absolute Gasteiger partial charge is 0.126 e. The predicted octanol–water partition coefficient (Wildman–Crippen LogP) is 3.83. The zero-order valence-corrected chi connectivity index (χ0v) is 10.9. The van der Waals surface area contributed by atoms with E-state index in [1.54, 1.807) is 13.0 Å². The molecular weight excluding hydrogens is 201 g/mol. The third-order valence-corrected chi connectivity index (χ3v) is 2.63. The Balaban J connectivity index is 2.66. The molecule has 1 rings (SSSR count). The van der Waals surface area contributed by atoms with Crippen LogP contribution < -0.4 is 5.32 Å². The molecule has 0 saturated carbocycles. The van der Waals surface area contributed by atoms with Crippen LogP contribution in [0.1, 0.15) is 44.9 Å². The average molecular weight is 223 g/mol. The number of rotatable bonds is 3. The first-order valence-corrected chi connectivity index (χ1v) is 5.79. The van der Waals surface area contributed by atoms with Crippen molar-refractivity contribution in [3.8, 4) is 0 Å². The van der Waals surface area contributed by atoms with Gasteiger partial charge < -0.3 is 5.32 Å². The van der Waals surface area contributed by atoms with Crippen molar-refractivity contribution >= 4 is 0 Å². The molecule has 1 N–H and O–H groups in total. The van der Waals surface area contributed by atoms with Gasteiger partial charge in [0.15, 0.2) is 0 Å². The van der Waals surface area contributed by atoms with Crippen molar-refractivity contribution in [3.05, 3.63) is 35.1 Å². The van der Waals surface area contributed by atoms with Gasteiger partial charge in [-0.05, 0) is 36.5 Å². The third kappa shape index (κ3) is 3.93. The lowest BCUT2D eigenvalue weighted by atomic mass is 9.96. The summed E-state index contributed by atoms with van der Waals surface area (Å²) in [6.45, 7) is 11.3. The minimum absolute atomic E-state index is 0.123. The topological polar surface area (TPSA) is 12.0 Å². The van der Waals surface area contributed by atoms with Crippen LogP contribution in [0.4, 0.5) is 4.39 Å². The molecule has 0 fully saturated rings. The van der Waals surface area contributed by atoms with Crippen LogP contribution in [-0.4, -0.2) is 6.54 Å². The molecule has 90 valence electrons. The molecule has 0 bridgehead atoms. The highest BCUT2D eigenvalue weighted by atomic mass is 19.1. The first kappa shape index (κ1) is 13.2. The molecule has 1 nitrogen and oxygen atoms in total. The summed E-state index contributed by atoms with van der Waals surface area (Å²) >= 11 is 0. The van der Waals surface area contributed by atoms with E-state index < -0.39 is 0 Å². The Kier molecular flexibility index (Phi) is 4.09. The highest BCUT2D eigenvalue weighted by Crippen LogP contribution is 2.18. The summed E-state index contributed by atoms with van der Waals surface area (Å²) in [5.74, 6) is -0.123. The Labute approximate surface area is 98.1 Å². The van der Waals surface area contributed by atoms with Crippen molar-refractivity contribution < 1.29 is 4.39 Å². The first-order valence-electron chi connectivity index (χ1n) is 5.79. The van der Waals surface area contributed by atoms with Crippen LogP contribution in [-0.2, 0) is 0 Å². The second-order valence-electron chi connectivity index (χ2n) is 5.67. The van der Waals surface area contributed by atoms with Crippen molar-refractivity contribution in [2.45, 2.75) is 40.7 Å².